The SMILES string of the molecule is CC(C)(C)OC(=O)N[C@@]1(C=O)CCCCN(C(=O)OC(C)(C)C)C1.C[C@@]1(O)C[C@]23CCCCN(C2)C(=O)c2c(O)c(=O)c(C(=O)NCc4c(F)cc(F)cc4F)c1n23. The van der Waals surface area contributed by atoms with E-state index >= 15 is 0 Å². The molecule has 0 unspecified atom stereocenters. The summed E-state index contributed by atoms with van der Waals surface area (Å²) >= 11 is 0. The summed E-state index contributed by atoms with van der Waals surface area (Å²) in [5, 5.41) is 26.9. The average molecular weight is 820 g/mol. The molecule has 5 heterocycles. The van der Waals surface area contributed by atoms with Crippen LogP contribution in [0.3, 0.4) is 0 Å². The smallest absolute Gasteiger partial charge is 0.410 e. The van der Waals surface area contributed by atoms with Gasteiger partial charge in [0, 0.05) is 50.3 Å². The molecule has 0 aliphatic carbocycles. The van der Waals surface area contributed by atoms with Gasteiger partial charge in [0.05, 0.1) is 17.8 Å². The van der Waals surface area contributed by atoms with Crippen LogP contribution < -0.4 is 16.1 Å². The lowest BCUT2D eigenvalue weighted by Crippen LogP contribution is -2.58. The number of fused-ring (bicyclic) bond motifs is 1. The molecular weight excluding hydrogens is 767 g/mol. The van der Waals surface area contributed by atoms with E-state index in [4.69, 9.17) is 9.47 Å². The summed E-state index contributed by atoms with van der Waals surface area (Å²) in [5.41, 5.74) is -7.71. The molecule has 2 bridgehead atoms. The number of aliphatic hydroxyl groups is 1. The van der Waals surface area contributed by atoms with Crippen LogP contribution >= 0.6 is 0 Å². The highest BCUT2D eigenvalue weighted by Gasteiger charge is 2.57. The fourth-order valence-electron chi connectivity index (χ4n) is 8.24. The first-order chi connectivity index (χ1) is 26.8. The topological polar surface area (TPSA) is 197 Å². The molecular formula is C40H52F3N5O10. The van der Waals surface area contributed by atoms with Gasteiger partial charge in [-0.15, -0.1) is 0 Å². The van der Waals surface area contributed by atoms with E-state index in [1.54, 1.807) is 46.4 Å². The number of amides is 4. The molecule has 15 nitrogen and oxygen atoms in total. The van der Waals surface area contributed by atoms with Crippen LogP contribution in [0, 0.1) is 17.5 Å². The Morgan fingerprint density at radius 1 is 0.914 bits per heavy atom. The third-order valence-corrected chi connectivity index (χ3v) is 10.5. The maximum absolute atomic E-state index is 14.0. The van der Waals surface area contributed by atoms with Crippen LogP contribution in [0.15, 0.2) is 16.9 Å². The van der Waals surface area contributed by atoms with Crippen LogP contribution in [-0.2, 0) is 32.0 Å². The number of likely N-dealkylation sites (tertiary alicyclic amines) is 1. The molecule has 0 saturated carbocycles. The van der Waals surface area contributed by atoms with Gasteiger partial charge >= 0.3 is 12.2 Å². The fourth-order valence-corrected chi connectivity index (χ4v) is 8.24. The monoisotopic (exact) mass is 819 g/mol. The maximum atomic E-state index is 14.0. The van der Waals surface area contributed by atoms with Crippen LogP contribution in [-0.4, -0.2) is 97.8 Å². The largest absolute Gasteiger partial charge is 0.503 e. The van der Waals surface area contributed by atoms with Crippen molar-refractivity contribution in [3.05, 3.63) is 62.3 Å². The molecule has 4 amide bonds. The van der Waals surface area contributed by atoms with Crippen molar-refractivity contribution in [3.8, 4) is 5.75 Å². The Balaban J connectivity index is 0.000000237. The van der Waals surface area contributed by atoms with Gasteiger partial charge in [0.1, 0.15) is 51.6 Å². The number of nitrogens with zero attached hydrogens (tertiary/aromatic N) is 3. The Bertz CT molecular complexity index is 2040. The van der Waals surface area contributed by atoms with Crippen molar-refractivity contribution < 1.29 is 56.8 Å². The predicted octanol–water partition coefficient (Wildman–Crippen LogP) is 4.72. The van der Waals surface area contributed by atoms with Gasteiger partial charge in [-0.1, -0.05) is 0 Å². The van der Waals surface area contributed by atoms with E-state index in [1.165, 1.54) is 16.4 Å². The zero-order chi connectivity index (χ0) is 43.2. The van der Waals surface area contributed by atoms with Crippen LogP contribution in [0.4, 0.5) is 22.8 Å². The summed E-state index contributed by atoms with van der Waals surface area (Å²) in [5.74, 6) is -6.13. The van der Waals surface area contributed by atoms with E-state index in [0.717, 1.165) is 12.8 Å². The molecule has 3 atom stereocenters. The maximum Gasteiger partial charge on any atom is 0.410 e. The number of alkyl carbamates (subject to hydrolysis) is 1. The lowest BCUT2D eigenvalue weighted by atomic mass is 9.84. The highest BCUT2D eigenvalue weighted by Crippen LogP contribution is 2.52. The minimum absolute atomic E-state index is 0.0741. The fraction of sp³-hybridized carbons (Fsp3) is 0.600. The van der Waals surface area contributed by atoms with Gasteiger partial charge in [-0.3, -0.25) is 14.4 Å². The highest BCUT2D eigenvalue weighted by atomic mass is 19.1. The Labute approximate surface area is 333 Å². The van der Waals surface area contributed by atoms with Crippen LogP contribution in [0.1, 0.15) is 126 Å². The van der Waals surface area contributed by atoms with Gasteiger partial charge in [0.15, 0.2) is 11.4 Å². The standard InChI is InChI=1S/C23H22F3N3O5.C17H30N2O5/c1-22(34)9-23-4-2-3-5-28(10-23)21(33)16-18(31)17(30)15(19(22)29(16)23)20(32)27-8-12-13(25)6-11(24)7-14(12)26;1-15(2,3)23-13(21)18-17(12-20)9-7-8-10-19(11-17)14(22)24-16(4,5)6/h6-7,31,34H,2-5,8-10H2,1H3,(H,27,32);12H,7-11H2,1-6H3,(H,18,21)/t22-,23-;17-/m10/s1. The van der Waals surface area contributed by atoms with E-state index in [-0.39, 0.29) is 30.9 Å². The molecule has 1 spiro atoms. The second-order valence-corrected chi connectivity index (χ2v) is 17.7. The predicted molar refractivity (Wildman–Crippen MR) is 202 cm³/mol. The number of aromatic hydroxyl groups is 1. The van der Waals surface area contributed by atoms with Crippen molar-refractivity contribution in [2.75, 3.05) is 26.2 Å². The van der Waals surface area contributed by atoms with Crippen LogP contribution in [0.2, 0.25) is 0 Å². The summed E-state index contributed by atoms with van der Waals surface area (Å²) in [6.07, 6.45) is 3.57. The number of ether oxygens (including phenoxy) is 2. The molecule has 318 valence electrons. The molecule has 18 heteroatoms. The molecule has 1 aromatic heterocycles. The molecule has 4 N–H and O–H groups in total. The Kier molecular flexibility index (Phi) is 12.1. The van der Waals surface area contributed by atoms with Crippen molar-refractivity contribution in [3.63, 3.8) is 0 Å². The van der Waals surface area contributed by atoms with E-state index in [0.29, 0.717) is 57.2 Å². The van der Waals surface area contributed by atoms with Crippen molar-refractivity contribution in [1.82, 2.24) is 25.0 Å². The normalized spacial score (nSPS) is 24.0. The van der Waals surface area contributed by atoms with Gasteiger partial charge < -0.3 is 49.5 Å². The molecule has 2 aromatic rings. The van der Waals surface area contributed by atoms with Gasteiger partial charge in [-0.2, -0.15) is 0 Å². The first kappa shape index (κ1) is 44.0. The van der Waals surface area contributed by atoms with Gasteiger partial charge in [0.2, 0.25) is 5.43 Å². The minimum atomic E-state index is -1.69. The second-order valence-electron chi connectivity index (χ2n) is 17.7. The number of nitrogens with one attached hydrogen (secondary N) is 2. The van der Waals surface area contributed by atoms with E-state index < -0.39 is 98.2 Å². The number of carbonyl (C=O) groups excluding carboxylic acids is 5. The zero-order valence-corrected chi connectivity index (χ0v) is 33.9. The van der Waals surface area contributed by atoms with Gasteiger partial charge in [0.25, 0.3) is 11.8 Å². The number of halogens is 3. The Hall–Kier alpha value is -5.13. The molecule has 58 heavy (non-hydrogen) atoms. The Morgan fingerprint density at radius 3 is 2.12 bits per heavy atom. The molecule has 2 saturated heterocycles. The molecule has 1 aromatic carbocycles. The average Bonchev–Trinajstić information content (AvgIpc) is 3.27. The lowest BCUT2D eigenvalue weighted by Gasteiger charge is -2.41. The molecule has 4 aliphatic rings. The number of pyridine rings is 1. The third kappa shape index (κ3) is 9.11. The summed E-state index contributed by atoms with van der Waals surface area (Å²) in [7, 11) is 0. The highest BCUT2D eigenvalue weighted by molar-refractivity contribution is 6.01. The first-order valence-corrected chi connectivity index (χ1v) is 19.2. The zero-order valence-electron chi connectivity index (χ0n) is 33.9. The summed E-state index contributed by atoms with van der Waals surface area (Å²) < 4.78 is 53.3. The number of hydrogen-bond acceptors (Lipinski definition) is 10. The number of aldehydes is 1. The van der Waals surface area contributed by atoms with Crippen LogP contribution in [0.5, 0.6) is 5.75 Å². The summed E-state index contributed by atoms with van der Waals surface area (Å²) in [4.78, 5) is 78.5. The molecule has 2 fully saturated rings. The van der Waals surface area contributed by atoms with Crippen molar-refractivity contribution in [2.24, 2.45) is 0 Å². The van der Waals surface area contributed by atoms with Gasteiger partial charge in [-0.05, 0) is 87.0 Å². The molecule has 6 rings (SSSR count). The number of hydrogen-bond donors (Lipinski definition) is 4. The van der Waals surface area contributed by atoms with E-state index in [1.807, 2.05) is 0 Å². The second kappa shape index (κ2) is 15.9. The summed E-state index contributed by atoms with van der Waals surface area (Å²) in [6, 6.07) is 0.920. The van der Waals surface area contributed by atoms with Crippen LogP contribution in [0.25, 0.3) is 0 Å². The lowest BCUT2D eigenvalue weighted by molar-refractivity contribution is -0.114. The third-order valence-electron chi connectivity index (χ3n) is 10.5. The van der Waals surface area contributed by atoms with Crippen molar-refractivity contribution in [1.29, 1.82) is 0 Å². The molecule has 0 radical (unpaired) electrons. The first-order valence-electron chi connectivity index (χ1n) is 19.2. The Morgan fingerprint density at radius 2 is 1.52 bits per heavy atom. The number of aromatic nitrogens is 1. The van der Waals surface area contributed by atoms with Crippen molar-refractivity contribution >= 4 is 30.3 Å². The molecule has 4 aliphatic heterocycles. The minimum Gasteiger partial charge on any atom is -0.503 e. The van der Waals surface area contributed by atoms with Gasteiger partial charge in [-0.25, -0.2) is 22.8 Å². The number of benzene rings is 1. The van der Waals surface area contributed by atoms with E-state index in [2.05, 4.69) is 10.6 Å². The number of rotatable bonds is 5. The number of carbonyl (C=O) groups is 5. The van der Waals surface area contributed by atoms with Crippen molar-refractivity contribution in [2.45, 2.75) is 128 Å². The summed E-state index contributed by atoms with van der Waals surface area (Å²) in [6.45, 7) is 12.6. The quantitative estimate of drug-likeness (QED) is 0.307. The van der Waals surface area contributed by atoms with E-state index in [9.17, 15) is 52.2 Å².